The summed E-state index contributed by atoms with van der Waals surface area (Å²) in [6.07, 6.45) is -0.759. The van der Waals surface area contributed by atoms with Gasteiger partial charge in [-0.3, -0.25) is 10.1 Å². The molecule has 96 valence electrons. The van der Waals surface area contributed by atoms with Gasteiger partial charge in [0.15, 0.2) is 5.75 Å². The van der Waals surface area contributed by atoms with E-state index in [0.29, 0.717) is 6.54 Å². The topological polar surface area (TPSA) is 108 Å². The summed E-state index contributed by atoms with van der Waals surface area (Å²) in [7, 11) is 1.67. The molecule has 0 bridgehead atoms. The fourth-order valence-corrected chi connectivity index (χ4v) is 1.33. The lowest BCUT2D eigenvalue weighted by atomic mass is 10.2. The number of rotatable bonds is 6. The Hall–Kier alpha value is -2.17. The van der Waals surface area contributed by atoms with Gasteiger partial charge in [-0.1, -0.05) is 0 Å². The number of benzene rings is 1. The van der Waals surface area contributed by atoms with Gasteiger partial charge in [-0.2, -0.15) is 5.26 Å². The molecule has 1 aromatic carbocycles. The third-order valence-electron chi connectivity index (χ3n) is 2.16. The Labute approximate surface area is 104 Å². The molecule has 1 unspecified atom stereocenters. The fourth-order valence-electron chi connectivity index (χ4n) is 1.33. The van der Waals surface area contributed by atoms with Crippen LogP contribution in [0.2, 0.25) is 0 Å². The van der Waals surface area contributed by atoms with Crippen molar-refractivity contribution < 1.29 is 14.8 Å². The lowest BCUT2D eigenvalue weighted by Crippen LogP contribution is -2.29. The molecular formula is C11H13N3O4. The first kappa shape index (κ1) is 13.9. The molecule has 1 aromatic rings. The second-order valence-corrected chi connectivity index (χ2v) is 3.57. The number of ether oxygens (including phenoxy) is 1. The van der Waals surface area contributed by atoms with Crippen LogP contribution < -0.4 is 10.1 Å². The molecule has 1 atom stereocenters. The Morgan fingerprint density at radius 2 is 2.39 bits per heavy atom. The summed E-state index contributed by atoms with van der Waals surface area (Å²) in [6, 6.07) is 5.73. The van der Waals surface area contributed by atoms with Gasteiger partial charge >= 0.3 is 5.69 Å². The maximum atomic E-state index is 10.8. The highest BCUT2D eigenvalue weighted by atomic mass is 16.6. The normalized spacial score (nSPS) is 11.6. The van der Waals surface area contributed by atoms with E-state index in [9.17, 15) is 15.2 Å². The Bertz CT molecular complexity index is 470. The summed E-state index contributed by atoms with van der Waals surface area (Å²) in [5.41, 5.74) is -0.101. The summed E-state index contributed by atoms with van der Waals surface area (Å²) in [5.74, 6) is 0.0363. The number of hydrogen-bond donors (Lipinski definition) is 2. The molecule has 0 heterocycles. The minimum absolute atomic E-state index is 0.0363. The average molecular weight is 251 g/mol. The SMILES string of the molecule is CNCC(O)COc1ccc(C#N)cc1[N+](=O)[O-]. The van der Waals surface area contributed by atoms with Crippen molar-refractivity contribution in [2.75, 3.05) is 20.2 Å². The first-order chi connectivity index (χ1) is 8.58. The molecule has 7 heteroatoms. The van der Waals surface area contributed by atoms with Crippen LogP contribution in [0.4, 0.5) is 5.69 Å². The minimum atomic E-state index is -0.759. The predicted octanol–water partition coefficient (Wildman–Crippen LogP) is 0.426. The van der Waals surface area contributed by atoms with Gasteiger partial charge in [-0.05, 0) is 19.2 Å². The summed E-state index contributed by atoms with van der Waals surface area (Å²) < 4.78 is 5.17. The monoisotopic (exact) mass is 251 g/mol. The predicted molar refractivity (Wildman–Crippen MR) is 63.2 cm³/mol. The van der Waals surface area contributed by atoms with Gasteiger partial charge in [0.2, 0.25) is 0 Å². The van der Waals surface area contributed by atoms with E-state index in [1.807, 2.05) is 6.07 Å². The summed E-state index contributed by atoms with van der Waals surface area (Å²) in [4.78, 5) is 10.2. The van der Waals surface area contributed by atoms with Crippen LogP contribution in [0.15, 0.2) is 18.2 Å². The van der Waals surface area contributed by atoms with Crippen LogP contribution in [0.1, 0.15) is 5.56 Å². The van der Waals surface area contributed by atoms with Crippen LogP contribution in [-0.2, 0) is 0 Å². The lowest BCUT2D eigenvalue weighted by Gasteiger charge is -2.11. The molecule has 0 amide bonds. The van der Waals surface area contributed by atoms with E-state index in [1.165, 1.54) is 12.1 Å². The van der Waals surface area contributed by atoms with Crippen LogP contribution in [0, 0.1) is 21.4 Å². The second kappa shape index (κ2) is 6.54. The molecule has 2 N–H and O–H groups in total. The number of hydrogen-bond acceptors (Lipinski definition) is 6. The summed E-state index contributed by atoms with van der Waals surface area (Å²) in [6.45, 7) is 0.262. The van der Waals surface area contributed by atoms with E-state index >= 15 is 0 Å². The molecule has 1 rings (SSSR count). The molecular weight excluding hydrogens is 238 g/mol. The Morgan fingerprint density at radius 1 is 1.67 bits per heavy atom. The van der Waals surface area contributed by atoms with Gasteiger partial charge in [0.25, 0.3) is 0 Å². The molecule has 18 heavy (non-hydrogen) atoms. The molecule has 0 aliphatic rings. The molecule has 0 saturated heterocycles. The van der Waals surface area contributed by atoms with Crippen molar-refractivity contribution in [1.82, 2.24) is 5.32 Å². The van der Waals surface area contributed by atoms with E-state index < -0.39 is 11.0 Å². The van der Waals surface area contributed by atoms with Crippen molar-refractivity contribution >= 4 is 5.69 Å². The third kappa shape index (κ3) is 3.69. The highest BCUT2D eigenvalue weighted by molar-refractivity contribution is 5.51. The highest BCUT2D eigenvalue weighted by Crippen LogP contribution is 2.27. The van der Waals surface area contributed by atoms with Crippen LogP contribution >= 0.6 is 0 Å². The first-order valence-corrected chi connectivity index (χ1v) is 5.22. The standard InChI is InChI=1S/C11H13N3O4/c1-13-6-9(15)7-18-11-3-2-8(5-12)4-10(11)14(16)17/h2-4,9,13,15H,6-7H2,1H3. The average Bonchev–Trinajstić information content (AvgIpc) is 2.36. The summed E-state index contributed by atoms with van der Waals surface area (Å²) in [5, 5.41) is 31.6. The van der Waals surface area contributed by atoms with Crippen molar-refractivity contribution in [2.24, 2.45) is 0 Å². The van der Waals surface area contributed by atoms with Crippen LogP contribution in [0.25, 0.3) is 0 Å². The number of aliphatic hydroxyl groups is 1. The number of nitro benzene ring substituents is 1. The fraction of sp³-hybridized carbons (Fsp3) is 0.364. The molecule has 0 saturated carbocycles. The van der Waals surface area contributed by atoms with Gasteiger partial charge in [0.1, 0.15) is 12.7 Å². The van der Waals surface area contributed by atoms with Gasteiger partial charge in [-0.25, -0.2) is 0 Å². The van der Waals surface area contributed by atoms with E-state index in [4.69, 9.17) is 10.00 Å². The molecule has 0 aliphatic heterocycles. The lowest BCUT2D eigenvalue weighted by molar-refractivity contribution is -0.385. The van der Waals surface area contributed by atoms with Gasteiger partial charge in [0.05, 0.1) is 16.6 Å². The number of nitriles is 1. The Morgan fingerprint density at radius 3 is 2.94 bits per heavy atom. The van der Waals surface area contributed by atoms with Crippen molar-refractivity contribution in [3.63, 3.8) is 0 Å². The largest absolute Gasteiger partial charge is 0.484 e. The molecule has 7 nitrogen and oxygen atoms in total. The van der Waals surface area contributed by atoms with Gasteiger partial charge in [0, 0.05) is 12.6 Å². The number of aliphatic hydroxyl groups excluding tert-OH is 1. The molecule has 0 spiro atoms. The van der Waals surface area contributed by atoms with E-state index in [2.05, 4.69) is 5.32 Å². The number of nitrogens with one attached hydrogen (secondary N) is 1. The number of likely N-dealkylation sites (N-methyl/N-ethyl adjacent to an activating group) is 1. The van der Waals surface area contributed by atoms with Crippen LogP contribution in [0.5, 0.6) is 5.75 Å². The van der Waals surface area contributed by atoms with Crippen LogP contribution in [0.3, 0.4) is 0 Å². The molecule has 0 aromatic heterocycles. The van der Waals surface area contributed by atoms with Gasteiger partial charge in [-0.15, -0.1) is 0 Å². The van der Waals surface area contributed by atoms with Gasteiger partial charge < -0.3 is 15.2 Å². The first-order valence-electron chi connectivity index (χ1n) is 5.22. The zero-order valence-electron chi connectivity index (χ0n) is 9.79. The zero-order chi connectivity index (χ0) is 13.5. The molecule has 0 fully saturated rings. The van der Waals surface area contributed by atoms with Crippen molar-refractivity contribution in [3.8, 4) is 11.8 Å². The van der Waals surface area contributed by atoms with E-state index in [0.717, 1.165) is 6.07 Å². The smallest absolute Gasteiger partial charge is 0.312 e. The van der Waals surface area contributed by atoms with Crippen molar-refractivity contribution in [1.29, 1.82) is 5.26 Å². The summed E-state index contributed by atoms with van der Waals surface area (Å²) >= 11 is 0. The minimum Gasteiger partial charge on any atom is -0.484 e. The van der Waals surface area contributed by atoms with E-state index in [-0.39, 0.29) is 23.6 Å². The quantitative estimate of drug-likeness (QED) is 0.560. The Kier molecular flexibility index (Phi) is 5.05. The van der Waals surface area contributed by atoms with Crippen molar-refractivity contribution in [2.45, 2.75) is 6.10 Å². The zero-order valence-corrected chi connectivity index (χ0v) is 9.79. The number of nitro groups is 1. The van der Waals surface area contributed by atoms with E-state index in [1.54, 1.807) is 7.05 Å². The van der Waals surface area contributed by atoms with Crippen molar-refractivity contribution in [3.05, 3.63) is 33.9 Å². The maximum absolute atomic E-state index is 10.8. The van der Waals surface area contributed by atoms with Crippen LogP contribution in [-0.4, -0.2) is 36.3 Å². The number of nitrogens with zero attached hydrogens (tertiary/aromatic N) is 2. The Balaban J connectivity index is 2.82. The second-order valence-electron chi connectivity index (χ2n) is 3.57. The third-order valence-corrected chi connectivity index (χ3v) is 2.16. The highest BCUT2D eigenvalue weighted by Gasteiger charge is 2.17. The maximum Gasteiger partial charge on any atom is 0.312 e. The molecule has 0 radical (unpaired) electrons. The molecule has 0 aliphatic carbocycles.